The highest BCUT2D eigenvalue weighted by Crippen LogP contribution is 2.18. The first kappa shape index (κ1) is 19.5. The second kappa shape index (κ2) is 9.61. The highest BCUT2D eigenvalue weighted by molar-refractivity contribution is 5.83. The number of rotatable bonds is 8. The van der Waals surface area contributed by atoms with Crippen LogP contribution in [-0.4, -0.2) is 31.1 Å². The van der Waals surface area contributed by atoms with E-state index in [1.807, 2.05) is 62.4 Å². The van der Waals surface area contributed by atoms with Crippen LogP contribution in [0.4, 0.5) is 0 Å². The fraction of sp³-hybridized carbons (Fsp3) is 0.333. The molecular formula is C21H25NO4. The number of carbonyl (C=O) groups excluding carboxylic acids is 2. The summed E-state index contributed by atoms with van der Waals surface area (Å²) in [5.41, 5.74) is 3.21. The summed E-state index contributed by atoms with van der Waals surface area (Å²) in [6.45, 7) is 5.71. The molecule has 1 N–H and O–H groups in total. The Morgan fingerprint density at radius 1 is 1.08 bits per heavy atom. The van der Waals surface area contributed by atoms with Gasteiger partial charge in [-0.1, -0.05) is 48.0 Å². The maximum atomic E-state index is 12.0. The first-order valence-corrected chi connectivity index (χ1v) is 8.67. The van der Waals surface area contributed by atoms with E-state index < -0.39 is 12.1 Å². The molecule has 138 valence electrons. The van der Waals surface area contributed by atoms with E-state index in [0.717, 1.165) is 23.1 Å². The Morgan fingerprint density at radius 2 is 1.81 bits per heavy atom. The van der Waals surface area contributed by atoms with Gasteiger partial charge in [0.25, 0.3) is 5.91 Å². The SMILES string of the molecule is Cc1ccc(OCC(=O)O[C@H](C)C(=O)NCCc2ccccc2)c(C)c1. The molecular weight excluding hydrogens is 330 g/mol. The van der Waals surface area contributed by atoms with Crippen LogP contribution < -0.4 is 10.1 Å². The zero-order chi connectivity index (χ0) is 18.9. The average Bonchev–Trinajstić information content (AvgIpc) is 2.61. The number of hydrogen-bond donors (Lipinski definition) is 1. The van der Waals surface area contributed by atoms with E-state index in [1.54, 1.807) is 6.92 Å². The van der Waals surface area contributed by atoms with Gasteiger partial charge in [0.1, 0.15) is 5.75 Å². The van der Waals surface area contributed by atoms with Crippen molar-refractivity contribution in [2.75, 3.05) is 13.2 Å². The number of aryl methyl sites for hydroxylation is 2. The molecule has 0 bridgehead atoms. The molecule has 0 aliphatic heterocycles. The van der Waals surface area contributed by atoms with E-state index in [4.69, 9.17) is 9.47 Å². The smallest absolute Gasteiger partial charge is 0.344 e. The third-order valence-electron chi connectivity index (χ3n) is 3.91. The maximum Gasteiger partial charge on any atom is 0.344 e. The Labute approximate surface area is 154 Å². The molecule has 2 aromatic carbocycles. The van der Waals surface area contributed by atoms with Crippen molar-refractivity contribution in [3.05, 3.63) is 65.2 Å². The van der Waals surface area contributed by atoms with E-state index in [9.17, 15) is 9.59 Å². The van der Waals surface area contributed by atoms with Gasteiger partial charge in [0.15, 0.2) is 12.7 Å². The van der Waals surface area contributed by atoms with Crippen LogP contribution in [0.5, 0.6) is 5.75 Å². The summed E-state index contributed by atoms with van der Waals surface area (Å²) >= 11 is 0. The molecule has 0 heterocycles. The predicted octanol–water partition coefficient (Wildman–Crippen LogP) is 2.97. The third-order valence-corrected chi connectivity index (χ3v) is 3.91. The van der Waals surface area contributed by atoms with Crippen molar-refractivity contribution in [2.24, 2.45) is 0 Å². The van der Waals surface area contributed by atoms with Gasteiger partial charge >= 0.3 is 5.97 Å². The second-order valence-electron chi connectivity index (χ2n) is 6.22. The topological polar surface area (TPSA) is 64.6 Å². The number of hydrogen-bond acceptors (Lipinski definition) is 4. The lowest BCUT2D eigenvalue weighted by Gasteiger charge is -2.14. The fourth-order valence-corrected chi connectivity index (χ4v) is 2.50. The zero-order valence-corrected chi connectivity index (χ0v) is 15.5. The number of ether oxygens (including phenoxy) is 2. The largest absolute Gasteiger partial charge is 0.482 e. The molecule has 0 fully saturated rings. The molecule has 0 saturated heterocycles. The van der Waals surface area contributed by atoms with Gasteiger partial charge < -0.3 is 14.8 Å². The van der Waals surface area contributed by atoms with Gasteiger partial charge in [-0.2, -0.15) is 0 Å². The molecule has 26 heavy (non-hydrogen) atoms. The molecule has 0 saturated carbocycles. The minimum absolute atomic E-state index is 0.231. The molecule has 0 radical (unpaired) electrons. The first-order valence-electron chi connectivity index (χ1n) is 8.67. The summed E-state index contributed by atoms with van der Waals surface area (Å²) in [4.78, 5) is 23.9. The lowest BCUT2D eigenvalue weighted by molar-refractivity contribution is -0.156. The number of benzene rings is 2. The third kappa shape index (κ3) is 6.24. The van der Waals surface area contributed by atoms with Crippen LogP contribution in [-0.2, 0) is 20.7 Å². The van der Waals surface area contributed by atoms with Crippen LogP contribution in [0.2, 0.25) is 0 Å². The van der Waals surface area contributed by atoms with Crippen molar-refractivity contribution in [3.63, 3.8) is 0 Å². The van der Waals surface area contributed by atoms with Crippen molar-refractivity contribution >= 4 is 11.9 Å². The minimum atomic E-state index is -0.860. The van der Waals surface area contributed by atoms with Gasteiger partial charge in [-0.15, -0.1) is 0 Å². The Bertz CT molecular complexity index is 743. The Balaban J connectivity index is 1.71. The molecule has 0 spiro atoms. The van der Waals surface area contributed by atoms with Crippen LogP contribution in [0, 0.1) is 13.8 Å². The van der Waals surface area contributed by atoms with Crippen LogP contribution in [0.1, 0.15) is 23.6 Å². The predicted molar refractivity (Wildman–Crippen MR) is 100 cm³/mol. The average molecular weight is 355 g/mol. The van der Waals surface area contributed by atoms with E-state index in [0.29, 0.717) is 12.3 Å². The van der Waals surface area contributed by atoms with E-state index in [-0.39, 0.29) is 12.5 Å². The van der Waals surface area contributed by atoms with Crippen LogP contribution in [0.25, 0.3) is 0 Å². The summed E-state index contributed by atoms with van der Waals surface area (Å²) in [6.07, 6.45) is -0.135. The number of carbonyl (C=O) groups is 2. The van der Waals surface area contributed by atoms with Crippen molar-refractivity contribution in [3.8, 4) is 5.75 Å². The Morgan fingerprint density at radius 3 is 2.50 bits per heavy atom. The molecule has 1 atom stereocenters. The molecule has 1 amide bonds. The van der Waals surface area contributed by atoms with E-state index >= 15 is 0 Å². The van der Waals surface area contributed by atoms with Crippen LogP contribution >= 0.6 is 0 Å². The van der Waals surface area contributed by atoms with Crippen molar-refractivity contribution < 1.29 is 19.1 Å². The summed E-state index contributed by atoms with van der Waals surface area (Å²) in [5.74, 6) is -0.260. The van der Waals surface area contributed by atoms with Gasteiger partial charge in [-0.25, -0.2) is 4.79 Å². The number of nitrogens with one attached hydrogen (secondary N) is 1. The Hall–Kier alpha value is -2.82. The van der Waals surface area contributed by atoms with Gasteiger partial charge in [0.05, 0.1) is 0 Å². The molecule has 0 unspecified atom stereocenters. The van der Waals surface area contributed by atoms with Crippen LogP contribution in [0.15, 0.2) is 48.5 Å². The van der Waals surface area contributed by atoms with Crippen molar-refractivity contribution in [1.82, 2.24) is 5.32 Å². The lowest BCUT2D eigenvalue weighted by Crippen LogP contribution is -2.37. The summed E-state index contributed by atoms with van der Waals surface area (Å²) in [6, 6.07) is 15.6. The number of esters is 1. The molecule has 5 nitrogen and oxygen atoms in total. The minimum Gasteiger partial charge on any atom is -0.482 e. The normalized spacial score (nSPS) is 11.5. The molecule has 2 rings (SSSR count). The standard InChI is InChI=1S/C21H25NO4/c1-15-9-10-19(16(2)13-15)25-14-20(23)26-17(3)21(24)22-12-11-18-7-5-4-6-8-18/h4-10,13,17H,11-12,14H2,1-3H3,(H,22,24)/t17-/m1/s1. The Kier molecular flexibility index (Phi) is 7.21. The fourth-order valence-electron chi connectivity index (χ4n) is 2.50. The number of amides is 1. The molecule has 0 aliphatic rings. The maximum absolute atomic E-state index is 12.0. The molecule has 0 aromatic heterocycles. The summed E-state index contributed by atoms with van der Waals surface area (Å²) in [5, 5.41) is 2.77. The van der Waals surface area contributed by atoms with Crippen LogP contribution in [0.3, 0.4) is 0 Å². The van der Waals surface area contributed by atoms with Gasteiger partial charge in [-0.05, 0) is 44.4 Å². The quantitative estimate of drug-likeness (QED) is 0.740. The van der Waals surface area contributed by atoms with Gasteiger partial charge in [0.2, 0.25) is 0 Å². The van der Waals surface area contributed by atoms with Gasteiger partial charge in [-0.3, -0.25) is 4.79 Å². The zero-order valence-electron chi connectivity index (χ0n) is 15.5. The highest BCUT2D eigenvalue weighted by Gasteiger charge is 2.18. The molecule has 0 aliphatic carbocycles. The summed E-state index contributed by atoms with van der Waals surface area (Å²) < 4.78 is 10.6. The lowest BCUT2D eigenvalue weighted by atomic mass is 10.1. The van der Waals surface area contributed by atoms with Crippen molar-refractivity contribution in [2.45, 2.75) is 33.3 Å². The van der Waals surface area contributed by atoms with Crippen molar-refractivity contribution in [1.29, 1.82) is 0 Å². The molecule has 2 aromatic rings. The van der Waals surface area contributed by atoms with Gasteiger partial charge in [0, 0.05) is 6.54 Å². The molecule has 5 heteroatoms. The van der Waals surface area contributed by atoms with E-state index in [1.165, 1.54) is 0 Å². The highest BCUT2D eigenvalue weighted by atomic mass is 16.6. The van der Waals surface area contributed by atoms with E-state index in [2.05, 4.69) is 5.32 Å². The monoisotopic (exact) mass is 355 g/mol. The summed E-state index contributed by atoms with van der Waals surface area (Å²) in [7, 11) is 0. The first-order chi connectivity index (χ1) is 12.5. The second-order valence-corrected chi connectivity index (χ2v) is 6.22.